The van der Waals surface area contributed by atoms with E-state index < -0.39 is 11.7 Å². The molecule has 1 aromatic carbocycles. The predicted octanol–water partition coefficient (Wildman–Crippen LogP) is 3.24. The Balaban J connectivity index is 1.97. The minimum atomic E-state index is -1.03. The molecule has 2 saturated heterocycles. The number of ether oxygens (including phenoxy) is 1. The SMILES string of the molecule is CC[C@@H](O)[C@H](CC)N1C(=O)[C@]2(CC[C@H]1c1ccc(Cl)cc1)CC(=O)O2. The average Bonchev–Trinajstić information content (AvgIpc) is 2.58. The first-order valence-corrected chi connectivity index (χ1v) is 9.27. The number of nitrogens with zero attached hydrogens (tertiary/aromatic N) is 1. The molecule has 3 rings (SSSR count). The number of rotatable bonds is 5. The van der Waals surface area contributed by atoms with Gasteiger partial charge in [0.25, 0.3) is 5.91 Å². The summed E-state index contributed by atoms with van der Waals surface area (Å²) in [5.74, 6) is -0.514. The van der Waals surface area contributed by atoms with Crippen molar-refractivity contribution in [3.8, 4) is 0 Å². The highest BCUT2D eigenvalue weighted by Crippen LogP contribution is 2.45. The number of piperidine rings is 1. The third kappa shape index (κ3) is 3.15. The normalized spacial score (nSPS) is 28.5. The molecule has 25 heavy (non-hydrogen) atoms. The Morgan fingerprint density at radius 3 is 2.44 bits per heavy atom. The molecule has 0 saturated carbocycles. The first-order valence-electron chi connectivity index (χ1n) is 8.90. The Morgan fingerprint density at radius 1 is 1.28 bits per heavy atom. The van der Waals surface area contributed by atoms with E-state index in [1.165, 1.54) is 0 Å². The van der Waals surface area contributed by atoms with Crippen LogP contribution in [0.1, 0.15) is 57.6 Å². The standard InChI is InChI=1S/C19H24ClNO4/c1-3-14(16(22)4-2)21-15(12-5-7-13(20)8-6-12)9-10-19(18(21)24)11-17(23)25-19/h5-8,14-16,22H,3-4,9-11H2,1-2H3/t14-,15-,16+,19-/m0/s1. The van der Waals surface area contributed by atoms with Gasteiger partial charge in [0, 0.05) is 5.02 Å². The van der Waals surface area contributed by atoms with Gasteiger partial charge in [-0.25, -0.2) is 0 Å². The molecule has 0 aliphatic carbocycles. The molecule has 2 aliphatic heterocycles. The molecular weight excluding hydrogens is 342 g/mol. The van der Waals surface area contributed by atoms with E-state index in [1.807, 2.05) is 38.1 Å². The van der Waals surface area contributed by atoms with E-state index in [9.17, 15) is 14.7 Å². The van der Waals surface area contributed by atoms with Crippen molar-refractivity contribution in [1.82, 2.24) is 4.90 Å². The summed E-state index contributed by atoms with van der Waals surface area (Å²) in [7, 11) is 0. The van der Waals surface area contributed by atoms with Crippen molar-refractivity contribution < 1.29 is 19.4 Å². The summed E-state index contributed by atoms with van der Waals surface area (Å²) in [4.78, 5) is 26.4. The van der Waals surface area contributed by atoms with Crippen molar-refractivity contribution in [1.29, 1.82) is 0 Å². The van der Waals surface area contributed by atoms with E-state index in [2.05, 4.69) is 0 Å². The van der Waals surface area contributed by atoms with Crippen molar-refractivity contribution in [3.05, 3.63) is 34.9 Å². The van der Waals surface area contributed by atoms with Crippen LogP contribution in [0.25, 0.3) is 0 Å². The molecule has 2 fully saturated rings. The average molecular weight is 366 g/mol. The number of hydrogen-bond acceptors (Lipinski definition) is 4. The Morgan fingerprint density at radius 2 is 1.92 bits per heavy atom. The Labute approximate surface area is 152 Å². The largest absolute Gasteiger partial charge is 0.448 e. The predicted molar refractivity (Wildman–Crippen MR) is 94.1 cm³/mol. The summed E-state index contributed by atoms with van der Waals surface area (Å²) in [5, 5.41) is 11.1. The highest BCUT2D eigenvalue weighted by Gasteiger charge is 2.59. The number of likely N-dealkylation sites (tertiary alicyclic amines) is 1. The first kappa shape index (κ1) is 18.2. The molecule has 1 N–H and O–H groups in total. The van der Waals surface area contributed by atoms with Gasteiger partial charge in [-0.1, -0.05) is 37.6 Å². The number of esters is 1. The molecule has 4 atom stereocenters. The zero-order chi connectivity index (χ0) is 18.2. The van der Waals surface area contributed by atoms with Gasteiger partial charge in [-0.05, 0) is 43.4 Å². The van der Waals surface area contributed by atoms with Crippen LogP contribution < -0.4 is 0 Å². The third-order valence-corrected chi connectivity index (χ3v) is 5.67. The highest BCUT2D eigenvalue weighted by atomic mass is 35.5. The molecule has 136 valence electrons. The van der Waals surface area contributed by atoms with E-state index in [4.69, 9.17) is 16.3 Å². The fraction of sp³-hybridized carbons (Fsp3) is 0.579. The molecule has 2 heterocycles. The number of aliphatic hydroxyl groups is 1. The summed E-state index contributed by atoms with van der Waals surface area (Å²) in [6, 6.07) is 7.00. The second-order valence-electron chi connectivity index (χ2n) is 6.91. The number of carbonyl (C=O) groups excluding carboxylic acids is 2. The maximum absolute atomic E-state index is 13.3. The van der Waals surface area contributed by atoms with E-state index in [-0.39, 0.29) is 30.4 Å². The maximum Gasteiger partial charge on any atom is 0.311 e. The Kier molecular flexibility index (Phi) is 5.07. The van der Waals surface area contributed by atoms with Crippen molar-refractivity contribution in [2.75, 3.05) is 0 Å². The second kappa shape index (κ2) is 6.96. The van der Waals surface area contributed by atoms with Gasteiger partial charge in [0.1, 0.15) is 0 Å². The molecule has 2 aliphatic rings. The van der Waals surface area contributed by atoms with Gasteiger partial charge in [0.15, 0.2) is 0 Å². The van der Waals surface area contributed by atoms with Crippen molar-refractivity contribution in [2.24, 2.45) is 0 Å². The Hall–Kier alpha value is -1.59. The topological polar surface area (TPSA) is 66.8 Å². The van der Waals surface area contributed by atoms with E-state index in [1.54, 1.807) is 4.90 Å². The van der Waals surface area contributed by atoms with Gasteiger partial charge in [-0.2, -0.15) is 0 Å². The zero-order valence-electron chi connectivity index (χ0n) is 14.6. The number of amides is 1. The molecule has 6 heteroatoms. The van der Waals surface area contributed by atoms with Gasteiger partial charge >= 0.3 is 5.97 Å². The fourth-order valence-electron chi connectivity index (χ4n) is 4.01. The number of aliphatic hydroxyl groups excluding tert-OH is 1. The molecule has 1 amide bonds. The number of carbonyl (C=O) groups is 2. The molecular formula is C19H24ClNO4. The van der Waals surface area contributed by atoms with Crippen LogP contribution >= 0.6 is 11.6 Å². The lowest BCUT2D eigenvalue weighted by Gasteiger charge is -2.52. The molecule has 0 unspecified atom stereocenters. The highest BCUT2D eigenvalue weighted by molar-refractivity contribution is 6.30. The molecule has 5 nitrogen and oxygen atoms in total. The first-order chi connectivity index (χ1) is 11.9. The van der Waals surface area contributed by atoms with Gasteiger partial charge in [0.2, 0.25) is 5.60 Å². The molecule has 1 aromatic rings. The second-order valence-corrected chi connectivity index (χ2v) is 7.35. The number of hydrogen-bond donors (Lipinski definition) is 1. The van der Waals surface area contributed by atoms with Crippen LogP contribution in [0.15, 0.2) is 24.3 Å². The molecule has 0 bridgehead atoms. The summed E-state index contributed by atoms with van der Waals surface area (Å²) in [6.45, 7) is 3.86. The van der Waals surface area contributed by atoms with Crippen LogP contribution in [-0.2, 0) is 14.3 Å². The third-order valence-electron chi connectivity index (χ3n) is 5.41. The number of benzene rings is 1. The minimum Gasteiger partial charge on any atom is -0.448 e. The number of halogens is 1. The van der Waals surface area contributed by atoms with Crippen LogP contribution in [0.2, 0.25) is 5.02 Å². The van der Waals surface area contributed by atoms with Crippen LogP contribution in [-0.4, -0.2) is 39.6 Å². The van der Waals surface area contributed by atoms with Crippen molar-refractivity contribution >= 4 is 23.5 Å². The van der Waals surface area contributed by atoms with Crippen molar-refractivity contribution in [3.63, 3.8) is 0 Å². The summed E-state index contributed by atoms with van der Waals surface area (Å²) in [6.07, 6.45) is 1.91. The van der Waals surface area contributed by atoms with Crippen LogP contribution in [0, 0.1) is 0 Å². The van der Waals surface area contributed by atoms with Gasteiger partial charge in [0.05, 0.1) is 24.6 Å². The summed E-state index contributed by atoms with van der Waals surface area (Å²) in [5.41, 5.74) is -0.0408. The summed E-state index contributed by atoms with van der Waals surface area (Å²) < 4.78 is 5.29. The van der Waals surface area contributed by atoms with E-state index in [0.717, 1.165) is 5.56 Å². The lowest BCUT2D eigenvalue weighted by Crippen LogP contribution is -2.65. The fourth-order valence-corrected chi connectivity index (χ4v) is 4.14. The quantitative estimate of drug-likeness (QED) is 0.813. The van der Waals surface area contributed by atoms with Crippen LogP contribution in [0.5, 0.6) is 0 Å². The van der Waals surface area contributed by atoms with Gasteiger partial charge in [-0.15, -0.1) is 0 Å². The smallest absolute Gasteiger partial charge is 0.311 e. The molecule has 0 aromatic heterocycles. The van der Waals surface area contributed by atoms with Crippen LogP contribution in [0.4, 0.5) is 0 Å². The van der Waals surface area contributed by atoms with E-state index in [0.29, 0.717) is 30.7 Å². The van der Waals surface area contributed by atoms with Crippen molar-refractivity contribution in [2.45, 2.75) is 69.7 Å². The lowest BCUT2D eigenvalue weighted by molar-refractivity contribution is -0.212. The monoisotopic (exact) mass is 365 g/mol. The Bertz CT molecular complexity index is 652. The minimum absolute atomic E-state index is 0.133. The van der Waals surface area contributed by atoms with E-state index >= 15 is 0 Å². The van der Waals surface area contributed by atoms with Gasteiger partial charge < -0.3 is 14.7 Å². The molecule has 1 spiro atoms. The lowest BCUT2D eigenvalue weighted by atomic mass is 9.78. The van der Waals surface area contributed by atoms with Gasteiger partial charge in [-0.3, -0.25) is 9.59 Å². The molecule has 0 radical (unpaired) electrons. The van der Waals surface area contributed by atoms with Crippen LogP contribution in [0.3, 0.4) is 0 Å². The summed E-state index contributed by atoms with van der Waals surface area (Å²) >= 11 is 5.99. The maximum atomic E-state index is 13.3. The zero-order valence-corrected chi connectivity index (χ0v) is 15.3.